The Morgan fingerprint density at radius 3 is 2.14 bits per heavy atom. The second-order valence-electron chi connectivity index (χ2n) is 10.5. The van der Waals surface area contributed by atoms with E-state index in [1.165, 1.54) is 28.4 Å². The number of halogens is 3. The molecule has 1 atom stereocenters. The fraction of sp³-hybridized carbons (Fsp3) is 0.448. The Morgan fingerprint density at radius 2 is 1.49 bits per heavy atom. The number of hydrogen-bond acceptors (Lipinski definition) is 3. The van der Waals surface area contributed by atoms with Crippen molar-refractivity contribution in [1.82, 2.24) is 19.8 Å². The maximum Gasteiger partial charge on any atom is 0.406 e. The molecule has 2 aliphatic rings. The summed E-state index contributed by atoms with van der Waals surface area (Å²) in [4.78, 5) is 0. The van der Waals surface area contributed by atoms with E-state index in [4.69, 9.17) is 4.74 Å². The van der Waals surface area contributed by atoms with Crippen LogP contribution in [-0.2, 0) is 30.9 Å². The van der Waals surface area contributed by atoms with E-state index in [0.717, 1.165) is 41.4 Å². The molecule has 0 radical (unpaired) electrons. The average Bonchev–Trinajstić information content (AvgIpc) is 3.81. The van der Waals surface area contributed by atoms with Gasteiger partial charge in [0.05, 0.1) is 12.6 Å². The van der Waals surface area contributed by atoms with Gasteiger partial charge in [0.15, 0.2) is 0 Å². The monoisotopic (exact) mass is 510 g/mol. The smallest absolute Gasteiger partial charge is 0.375 e. The fourth-order valence-corrected chi connectivity index (χ4v) is 5.25. The van der Waals surface area contributed by atoms with Crippen molar-refractivity contribution in [3.63, 3.8) is 0 Å². The van der Waals surface area contributed by atoms with E-state index >= 15 is 0 Å². The van der Waals surface area contributed by atoms with E-state index < -0.39 is 12.7 Å². The molecule has 37 heavy (non-hydrogen) atoms. The lowest BCUT2D eigenvalue weighted by Crippen LogP contribution is -2.17. The van der Waals surface area contributed by atoms with Crippen molar-refractivity contribution in [2.75, 3.05) is 7.11 Å². The van der Waals surface area contributed by atoms with Crippen LogP contribution in [0.1, 0.15) is 48.5 Å². The van der Waals surface area contributed by atoms with Gasteiger partial charge in [0.2, 0.25) is 0 Å². The highest BCUT2D eigenvalue weighted by molar-refractivity contribution is 5.85. The molecule has 8 heteroatoms. The molecule has 0 saturated heterocycles. The molecule has 2 heterocycles. The van der Waals surface area contributed by atoms with Crippen LogP contribution >= 0.6 is 0 Å². The third-order valence-electron chi connectivity index (χ3n) is 7.54. The summed E-state index contributed by atoms with van der Waals surface area (Å²) in [6.07, 6.45) is 4.09. The molecule has 2 saturated carbocycles. The predicted molar refractivity (Wildman–Crippen MR) is 139 cm³/mol. The molecule has 0 amide bonds. The van der Waals surface area contributed by atoms with E-state index in [1.54, 1.807) is 13.3 Å². The van der Waals surface area contributed by atoms with Gasteiger partial charge in [0, 0.05) is 66.5 Å². The highest BCUT2D eigenvalue weighted by atomic mass is 19.4. The Morgan fingerprint density at radius 1 is 0.865 bits per heavy atom. The number of benzene rings is 2. The minimum atomic E-state index is -4.28. The number of para-hydroxylation sites is 1. The van der Waals surface area contributed by atoms with Crippen molar-refractivity contribution >= 4 is 21.8 Å². The van der Waals surface area contributed by atoms with Crippen LogP contribution in [0.4, 0.5) is 13.2 Å². The zero-order chi connectivity index (χ0) is 25.6. The number of alkyl halides is 3. The van der Waals surface area contributed by atoms with Gasteiger partial charge in [-0.05, 0) is 60.6 Å². The zero-order valence-corrected chi connectivity index (χ0v) is 21.0. The van der Waals surface area contributed by atoms with Gasteiger partial charge >= 0.3 is 6.18 Å². The molecule has 2 aromatic carbocycles. The molecule has 2 aliphatic carbocycles. The summed E-state index contributed by atoms with van der Waals surface area (Å²) >= 11 is 0. The molecule has 5 nitrogen and oxygen atoms in total. The lowest BCUT2D eigenvalue weighted by Gasteiger charge is -2.18. The average molecular weight is 511 g/mol. The van der Waals surface area contributed by atoms with Crippen LogP contribution in [0.3, 0.4) is 0 Å². The summed E-state index contributed by atoms with van der Waals surface area (Å²) in [5.41, 5.74) is 4.88. The Hall–Kier alpha value is -2.81. The number of hydrogen-bond donors (Lipinski definition) is 2. The molecule has 196 valence electrons. The summed E-state index contributed by atoms with van der Waals surface area (Å²) in [5.74, 6) is 0. The third kappa shape index (κ3) is 5.56. The van der Waals surface area contributed by atoms with Gasteiger partial charge in [-0.2, -0.15) is 13.2 Å². The topological polar surface area (TPSA) is 43.1 Å². The molecule has 2 fully saturated rings. The van der Waals surface area contributed by atoms with E-state index in [0.29, 0.717) is 30.7 Å². The molecular formula is C29H33F3N4O. The SMILES string of the molecule is COC(Cn1cc(CNC2CC2)c2ccccc21)c1ccc2c(c1)c(CNC1CC1)cn2CC(F)(F)F. The quantitative estimate of drug-likeness (QED) is 0.258. The maximum absolute atomic E-state index is 13.3. The van der Waals surface area contributed by atoms with E-state index in [-0.39, 0.29) is 6.10 Å². The third-order valence-corrected chi connectivity index (χ3v) is 7.54. The normalized spacial score (nSPS) is 17.2. The highest BCUT2D eigenvalue weighted by Gasteiger charge is 2.29. The van der Waals surface area contributed by atoms with Gasteiger partial charge in [-0.3, -0.25) is 0 Å². The number of nitrogens with one attached hydrogen (secondary N) is 2. The summed E-state index contributed by atoms with van der Waals surface area (Å²) in [6, 6.07) is 15.2. The van der Waals surface area contributed by atoms with Gasteiger partial charge in [-0.15, -0.1) is 0 Å². The lowest BCUT2D eigenvalue weighted by atomic mass is 10.0. The van der Waals surface area contributed by atoms with Gasteiger partial charge in [0.25, 0.3) is 0 Å². The standard InChI is InChI=1S/C29H33F3N4O/c1-37-28(17-35-15-20(13-33-22-7-8-22)24-4-2-3-5-26(24)35)19-6-11-27-25(12-19)21(14-34-23-9-10-23)16-36(27)18-29(30,31)32/h2-6,11-12,15-16,22-23,28,33-34H,7-10,13-14,17-18H2,1H3. The van der Waals surface area contributed by atoms with Crippen molar-refractivity contribution in [3.05, 3.63) is 71.5 Å². The van der Waals surface area contributed by atoms with Gasteiger partial charge < -0.3 is 24.5 Å². The summed E-state index contributed by atoms with van der Waals surface area (Å²) in [7, 11) is 1.69. The summed E-state index contributed by atoms with van der Waals surface area (Å²) < 4.78 is 49.3. The molecular weight excluding hydrogens is 477 g/mol. The molecule has 0 aliphatic heterocycles. The van der Waals surface area contributed by atoms with Crippen LogP contribution in [0.25, 0.3) is 21.8 Å². The van der Waals surface area contributed by atoms with E-state index in [1.807, 2.05) is 24.3 Å². The first-order chi connectivity index (χ1) is 17.9. The van der Waals surface area contributed by atoms with Crippen LogP contribution in [0.5, 0.6) is 0 Å². The second kappa shape index (κ2) is 9.82. The fourth-order valence-electron chi connectivity index (χ4n) is 5.25. The summed E-state index contributed by atoms with van der Waals surface area (Å²) in [5, 5.41) is 9.15. The first-order valence-electron chi connectivity index (χ1n) is 13.1. The highest BCUT2D eigenvalue weighted by Crippen LogP contribution is 2.32. The summed E-state index contributed by atoms with van der Waals surface area (Å²) in [6.45, 7) is 1.02. The molecule has 0 spiro atoms. The molecule has 2 N–H and O–H groups in total. The maximum atomic E-state index is 13.3. The van der Waals surface area contributed by atoms with Crippen molar-refractivity contribution < 1.29 is 17.9 Å². The van der Waals surface area contributed by atoms with Crippen LogP contribution in [0, 0.1) is 0 Å². The van der Waals surface area contributed by atoms with Gasteiger partial charge in [-0.25, -0.2) is 0 Å². The molecule has 1 unspecified atom stereocenters. The second-order valence-corrected chi connectivity index (χ2v) is 10.5. The largest absolute Gasteiger partial charge is 0.406 e. The Labute approximate surface area is 214 Å². The Bertz CT molecular complexity index is 1400. The van der Waals surface area contributed by atoms with Gasteiger partial charge in [-0.1, -0.05) is 24.3 Å². The molecule has 6 rings (SSSR count). The Kier molecular flexibility index (Phi) is 6.51. The first-order valence-corrected chi connectivity index (χ1v) is 13.1. The molecule has 0 bridgehead atoms. The number of ether oxygens (including phenoxy) is 1. The number of rotatable bonds is 11. The van der Waals surface area contributed by atoms with Crippen molar-refractivity contribution in [2.45, 2.75) is 76.2 Å². The van der Waals surface area contributed by atoms with E-state index in [2.05, 4.69) is 39.6 Å². The minimum absolute atomic E-state index is 0.236. The minimum Gasteiger partial charge on any atom is -0.375 e. The Balaban J connectivity index is 1.31. The number of aromatic nitrogens is 2. The van der Waals surface area contributed by atoms with E-state index in [9.17, 15) is 13.2 Å². The van der Waals surface area contributed by atoms with Crippen LogP contribution in [0.15, 0.2) is 54.9 Å². The van der Waals surface area contributed by atoms with Crippen molar-refractivity contribution in [3.8, 4) is 0 Å². The zero-order valence-electron chi connectivity index (χ0n) is 21.0. The first kappa shape index (κ1) is 24.5. The number of nitrogens with zero attached hydrogens (tertiary/aromatic N) is 2. The number of methoxy groups -OCH3 is 1. The van der Waals surface area contributed by atoms with Crippen LogP contribution in [-0.4, -0.2) is 34.5 Å². The van der Waals surface area contributed by atoms with Gasteiger partial charge in [0.1, 0.15) is 6.54 Å². The lowest BCUT2D eigenvalue weighted by molar-refractivity contribution is -0.139. The predicted octanol–water partition coefficient (Wildman–Crippen LogP) is 6.05. The molecule has 4 aromatic rings. The van der Waals surface area contributed by atoms with Crippen molar-refractivity contribution in [2.24, 2.45) is 0 Å². The van der Waals surface area contributed by atoms with Crippen molar-refractivity contribution in [1.29, 1.82) is 0 Å². The number of fused-ring (bicyclic) bond motifs is 2. The van der Waals surface area contributed by atoms with Crippen LogP contribution < -0.4 is 10.6 Å². The van der Waals surface area contributed by atoms with Crippen LogP contribution in [0.2, 0.25) is 0 Å². The molecule has 2 aromatic heterocycles.